The predicted octanol–water partition coefficient (Wildman–Crippen LogP) is -2.04. The van der Waals surface area contributed by atoms with Crippen molar-refractivity contribution in [1.29, 1.82) is 0 Å². The van der Waals surface area contributed by atoms with E-state index in [4.69, 9.17) is 0 Å². The molecule has 0 aromatic carbocycles. The summed E-state index contributed by atoms with van der Waals surface area (Å²) in [7, 11) is 0. The fourth-order valence-electron chi connectivity index (χ4n) is 3.07. The van der Waals surface area contributed by atoms with Crippen molar-refractivity contribution in [2.75, 3.05) is 0 Å². The minimum absolute atomic E-state index is 0. The molecule has 2 fully saturated rings. The Hall–Kier alpha value is 0.470. The molecular formula is C10H15NaO2. The molecule has 2 aliphatic rings. The number of carboxylic acids is 1. The molecule has 0 aromatic rings. The topological polar surface area (TPSA) is 40.1 Å². The maximum Gasteiger partial charge on any atom is 1.00 e. The Morgan fingerprint density at radius 1 is 1.31 bits per heavy atom. The standard InChI is InChI=1S/C10H16O2.Na/c1-10(9(11)12)5-7-2-3-8(4-7)6-10;/h7-8H,2-6H2,1H3,(H,11,12);/q;+1/p-1. The van der Waals surface area contributed by atoms with Gasteiger partial charge in [-0.05, 0) is 31.1 Å². The van der Waals surface area contributed by atoms with E-state index < -0.39 is 11.4 Å². The Kier molecular flexibility index (Phi) is 3.48. The van der Waals surface area contributed by atoms with Gasteiger partial charge in [-0.15, -0.1) is 0 Å². The smallest absolute Gasteiger partial charge is 0.550 e. The SMILES string of the molecule is CC1(C(=O)[O-])CC2CCC(C2)C1.[Na+]. The molecule has 68 valence electrons. The quantitative estimate of drug-likeness (QED) is 0.447. The van der Waals surface area contributed by atoms with E-state index >= 15 is 0 Å². The molecule has 0 spiro atoms. The third-order valence-corrected chi connectivity index (χ3v) is 3.62. The summed E-state index contributed by atoms with van der Waals surface area (Å²) in [5.74, 6) is 0.511. The van der Waals surface area contributed by atoms with Gasteiger partial charge in [0.05, 0.1) is 0 Å². The summed E-state index contributed by atoms with van der Waals surface area (Å²) in [6.45, 7) is 1.85. The van der Waals surface area contributed by atoms with Crippen LogP contribution in [0.4, 0.5) is 0 Å². The molecule has 0 amide bonds. The van der Waals surface area contributed by atoms with Gasteiger partial charge in [0.25, 0.3) is 0 Å². The third kappa shape index (κ3) is 2.11. The summed E-state index contributed by atoms with van der Waals surface area (Å²) >= 11 is 0. The molecule has 0 N–H and O–H groups in total. The van der Waals surface area contributed by atoms with Gasteiger partial charge in [-0.2, -0.15) is 0 Å². The molecule has 0 aromatic heterocycles. The zero-order valence-electron chi connectivity index (χ0n) is 8.51. The molecule has 2 saturated carbocycles. The Bertz CT molecular complexity index is 203. The van der Waals surface area contributed by atoms with Crippen molar-refractivity contribution in [1.82, 2.24) is 0 Å². The fraction of sp³-hybridized carbons (Fsp3) is 0.900. The minimum atomic E-state index is -0.834. The van der Waals surface area contributed by atoms with Gasteiger partial charge in [-0.25, -0.2) is 0 Å². The first-order valence-electron chi connectivity index (χ1n) is 4.81. The molecule has 13 heavy (non-hydrogen) atoms. The molecule has 0 aliphatic heterocycles. The molecule has 2 nitrogen and oxygen atoms in total. The van der Waals surface area contributed by atoms with Crippen LogP contribution in [-0.4, -0.2) is 5.97 Å². The number of carbonyl (C=O) groups excluding carboxylic acids is 1. The Balaban J connectivity index is 0.000000845. The molecule has 0 radical (unpaired) electrons. The van der Waals surface area contributed by atoms with E-state index in [2.05, 4.69) is 0 Å². The normalized spacial score (nSPS) is 42.5. The van der Waals surface area contributed by atoms with E-state index in [1.54, 1.807) is 0 Å². The monoisotopic (exact) mass is 190 g/mol. The number of hydrogen-bond donors (Lipinski definition) is 0. The van der Waals surface area contributed by atoms with Crippen molar-refractivity contribution < 1.29 is 39.5 Å². The summed E-state index contributed by atoms with van der Waals surface area (Å²) in [5.41, 5.74) is -0.510. The van der Waals surface area contributed by atoms with Crippen LogP contribution in [0.5, 0.6) is 0 Å². The zero-order chi connectivity index (χ0) is 8.77. The maximum atomic E-state index is 10.9. The van der Waals surface area contributed by atoms with Gasteiger partial charge >= 0.3 is 29.6 Å². The van der Waals surface area contributed by atoms with Crippen molar-refractivity contribution in [3.63, 3.8) is 0 Å². The molecule has 0 saturated heterocycles. The summed E-state index contributed by atoms with van der Waals surface area (Å²) in [6, 6.07) is 0. The first-order chi connectivity index (χ1) is 5.60. The number of fused-ring (bicyclic) bond motifs is 2. The second kappa shape index (κ2) is 3.92. The molecular weight excluding hydrogens is 175 g/mol. The van der Waals surface area contributed by atoms with E-state index in [1.807, 2.05) is 6.92 Å². The summed E-state index contributed by atoms with van der Waals surface area (Å²) < 4.78 is 0. The molecule has 2 atom stereocenters. The van der Waals surface area contributed by atoms with Gasteiger partial charge in [0.2, 0.25) is 0 Å². The molecule has 0 heterocycles. The fourth-order valence-corrected chi connectivity index (χ4v) is 3.07. The van der Waals surface area contributed by atoms with Crippen molar-refractivity contribution in [3.05, 3.63) is 0 Å². The average Bonchev–Trinajstić information content (AvgIpc) is 2.30. The van der Waals surface area contributed by atoms with Crippen LogP contribution in [0, 0.1) is 17.3 Å². The first kappa shape index (κ1) is 11.5. The van der Waals surface area contributed by atoms with E-state index in [0.29, 0.717) is 11.8 Å². The summed E-state index contributed by atoms with van der Waals surface area (Å²) in [5, 5.41) is 10.9. The van der Waals surface area contributed by atoms with Gasteiger partial charge < -0.3 is 9.90 Å². The van der Waals surface area contributed by atoms with Crippen LogP contribution in [0.25, 0.3) is 0 Å². The molecule has 2 rings (SSSR count). The van der Waals surface area contributed by atoms with Gasteiger partial charge in [0, 0.05) is 11.4 Å². The van der Waals surface area contributed by atoms with Crippen molar-refractivity contribution >= 4 is 5.97 Å². The minimum Gasteiger partial charge on any atom is -0.550 e. The van der Waals surface area contributed by atoms with E-state index in [0.717, 1.165) is 12.8 Å². The molecule has 2 unspecified atom stereocenters. The van der Waals surface area contributed by atoms with Crippen LogP contribution in [0.3, 0.4) is 0 Å². The number of rotatable bonds is 1. The van der Waals surface area contributed by atoms with Gasteiger partial charge in [0.1, 0.15) is 0 Å². The van der Waals surface area contributed by atoms with Crippen LogP contribution >= 0.6 is 0 Å². The number of carboxylic acid groups (broad SMARTS) is 1. The third-order valence-electron chi connectivity index (χ3n) is 3.62. The Labute approximate surface area is 101 Å². The molecule has 2 bridgehead atoms. The number of hydrogen-bond acceptors (Lipinski definition) is 2. The van der Waals surface area contributed by atoms with Crippen molar-refractivity contribution in [2.45, 2.75) is 39.0 Å². The summed E-state index contributed by atoms with van der Waals surface area (Å²) in [6.07, 6.45) is 5.46. The van der Waals surface area contributed by atoms with Crippen molar-refractivity contribution in [2.24, 2.45) is 17.3 Å². The molecule has 2 aliphatic carbocycles. The summed E-state index contributed by atoms with van der Waals surface area (Å²) in [4.78, 5) is 10.9. The van der Waals surface area contributed by atoms with Crippen molar-refractivity contribution in [3.8, 4) is 0 Å². The first-order valence-corrected chi connectivity index (χ1v) is 4.81. The van der Waals surface area contributed by atoms with Crippen LogP contribution in [0.15, 0.2) is 0 Å². The van der Waals surface area contributed by atoms with Crippen LogP contribution in [0.1, 0.15) is 39.0 Å². The second-order valence-electron chi connectivity index (χ2n) is 4.80. The second-order valence-corrected chi connectivity index (χ2v) is 4.80. The number of aliphatic carboxylic acids is 1. The van der Waals surface area contributed by atoms with Crippen LogP contribution in [-0.2, 0) is 4.79 Å². The van der Waals surface area contributed by atoms with E-state index in [-0.39, 0.29) is 29.6 Å². The van der Waals surface area contributed by atoms with Crippen LogP contribution < -0.4 is 34.7 Å². The number of carbonyl (C=O) groups is 1. The van der Waals surface area contributed by atoms with Gasteiger partial charge in [0.15, 0.2) is 0 Å². The largest absolute Gasteiger partial charge is 1.00 e. The Morgan fingerprint density at radius 3 is 2.15 bits per heavy atom. The van der Waals surface area contributed by atoms with Gasteiger partial charge in [-0.3, -0.25) is 0 Å². The predicted molar refractivity (Wildman–Crippen MR) is 43.2 cm³/mol. The zero-order valence-corrected chi connectivity index (χ0v) is 10.5. The van der Waals surface area contributed by atoms with Gasteiger partial charge in [-0.1, -0.05) is 19.8 Å². The molecule has 3 heteroatoms. The van der Waals surface area contributed by atoms with Crippen LogP contribution in [0.2, 0.25) is 0 Å². The van der Waals surface area contributed by atoms with E-state index in [1.165, 1.54) is 19.3 Å². The average molecular weight is 190 g/mol. The maximum absolute atomic E-state index is 10.9. The van der Waals surface area contributed by atoms with E-state index in [9.17, 15) is 9.90 Å². The Morgan fingerprint density at radius 2 is 1.77 bits per heavy atom.